The molecule has 2 aromatic carbocycles. The Bertz CT molecular complexity index is 720. The van der Waals surface area contributed by atoms with Crippen LogP contribution in [-0.4, -0.2) is 13.0 Å². The van der Waals surface area contributed by atoms with Gasteiger partial charge in [0, 0.05) is 11.9 Å². The number of nitrogens with zero attached hydrogens (tertiary/aromatic N) is 2. The highest BCUT2D eigenvalue weighted by Gasteiger charge is 2.32. The first-order chi connectivity index (χ1) is 9.70. The molecule has 0 aromatic heterocycles. The van der Waals surface area contributed by atoms with Gasteiger partial charge in [-0.25, -0.2) is 0 Å². The summed E-state index contributed by atoms with van der Waals surface area (Å²) in [7, 11) is 1.79. The van der Waals surface area contributed by atoms with Gasteiger partial charge in [-0.1, -0.05) is 24.3 Å². The normalized spacial score (nSPS) is 17.5. The smallest absolute Gasteiger partial charge is 0.244 e. The molecule has 1 aliphatic rings. The number of nitriles is 1. The zero-order valence-corrected chi connectivity index (χ0v) is 11.7. The zero-order valence-electron chi connectivity index (χ0n) is 10.9. The van der Waals surface area contributed by atoms with Gasteiger partial charge >= 0.3 is 0 Å². The lowest BCUT2D eigenvalue weighted by Crippen LogP contribution is -2.33. The van der Waals surface area contributed by atoms with Gasteiger partial charge in [-0.2, -0.15) is 5.26 Å². The van der Waals surface area contributed by atoms with Crippen molar-refractivity contribution < 1.29 is 4.79 Å². The van der Waals surface area contributed by atoms with Crippen LogP contribution in [-0.2, 0) is 4.79 Å². The molecule has 1 unspecified atom stereocenters. The highest BCUT2D eigenvalue weighted by Crippen LogP contribution is 2.45. The molecule has 2 aromatic rings. The Morgan fingerprint density at radius 3 is 2.80 bits per heavy atom. The highest BCUT2D eigenvalue weighted by atomic mass is 32.2. The van der Waals surface area contributed by atoms with Crippen LogP contribution >= 0.6 is 11.8 Å². The lowest BCUT2D eigenvalue weighted by Gasteiger charge is -2.31. The number of rotatable bonds is 1. The summed E-state index contributed by atoms with van der Waals surface area (Å²) in [4.78, 5) is 15.3. The van der Waals surface area contributed by atoms with E-state index in [-0.39, 0.29) is 11.2 Å². The first-order valence-corrected chi connectivity index (χ1v) is 7.12. The predicted octanol–water partition coefficient (Wildman–Crippen LogP) is 3.37. The molecular formula is C16H12N2OS. The number of hydrogen-bond acceptors (Lipinski definition) is 3. The molecule has 3 nitrogen and oxygen atoms in total. The van der Waals surface area contributed by atoms with Crippen LogP contribution in [0.2, 0.25) is 0 Å². The van der Waals surface area contributed by atoms with E-state index in [4.69, 9.17) is 5.26 Å². The molecule has 0 aliphatic carbocycles. The number of benzene rings is 2. The van der Waals surface area contributed by atoms with E-state index < -0.39 is 0 Å². The quantitative estimate of drug-likeness (QED) is 0.804. The van der Waals surface area contributed by atoms with Gasteiger partial charge in [0.25, 0.3) is 0 Å². The second-order valence-corrected chi connectivity index (χ2v) is 5.75. The van der Waals surface area contributed by atoms with Crippen molar-refractivity contribution >= 4 is 23.4 Å². The number of anilines is 1. The Morgan fingerprint density at radius 2 is 2.00 bits per heavy atom. The van der Waals surface area contributed by atoms with E-state index in [1.807, 2.05) is 36.4 Å². The molecule has 0 radical (unpaired) electrons. The summed E-state index contributed by atoms with van der Waals surface area (Å²) < 4.78 is 0. The first kappa shape index (κ1) is 12.8. The van der Waals surface area contributed by atoms with Crippen LogP contribution in [0, 0.1) is 11.3 Å². The minimum absolute atomic E-state index is 0.0452. The molecule has 20 heavy (non-hydrogen) atoms. The number of carbonyl (C=O) groups is 1. The van der Waals surface area contributed by atoms with Crippen molar-refractivity contribution in [1.29, 1.82) is 5.26 Å². The van der Waals surface area contributed by atoms with Crippen LogP contribution in [0.15, 0.2) is 53.4 Å². The van der Waals surface area contributed by atoms with E-state index in [1.165, 1.54) is 0 Å². The molecule has 1 aliphatic heterocycles. The van der Waals surface area contributed by atoms with Crippen molar-refractivity contribution in [2.75, 3.05) is 11.9 Å². The SMILES string of the molecule is CN1C(=O)C(c2cccc(C#N)c2)Sc2ccccc21. The van der Waals surface area contributed by atoms with Gasteiger partial charge in [0.05, 0.1) is 17.3 Å². The van der Waals surface area contributed by atoms with E-state index in [9.17, 15) is 4.79 Å². The van der Waals surface area contributed by atoms with E-state index >= 15 is 0 Å². The van der Waals surface area contributed by atoms with Crippen molar-refractivity contribution in [3.8, 4) is 6.07 Å². The molecule has 1 amide bonds. The molecule has 0 spiro atoms. The topological polar surface area (TPSA) is 44.1 Å². The molecule has 0 bridgehead atoms. The van der Waals surface area contributed by atoms with Crippen LogP contribution in [0.25, 0.3) is 0 Å². The van der Waals surface area contributed by atoms with Crippen LogP contribution in [0.3, 0.4) is 0 Å². The van der Waals surface area contributed by atoms with Crippen LogP contribution < -0.4 is 4.90 Å². The first-order valence-electron chi connectivity index (χ1n) is 6.24. The fourth-order valence-corrected chi connectivity index (χ4v) is 3.57. The number of para-hydroxylation sites is 1. The molecule has 4 heteroatoms. The molecule has 0 N–H and O–H groups in total. The second-order valence-electron chi connectivity index (χ2n) is 4.60. The Morgan fingerprint density at radius 1 is 1.20 bits per heavy atom. The van der Waals surface area contributed by atoms with Crippen molar-refractivity contribution in [3.05, 3.63) is 59.7 Å². The Hall–Kier alpha value is -2.25. The van der Waals surface area contributed by atoms with Gasteiger partial charge in [-0.05, 0) is 29.8 Å². The fourth-order valence-electron chi connectivity index (χ4n) is 2.29. The van der Waals surface area contributed by atoms with Gasteiger partial charge < -0.3 is 4.90 Å². The summed E-state index contributed by atoms with van der Waals surface area (Å²) >= 11 is 1.54. The third kappa shape index (κ3) is 2.06. The summed E-state index contributed by atoms with van der Waals surface area (Å²) in [6, 6.07) is 17.2. The van der Waals surface area contributed by atoms with Gasteiger partial charge in [0.1, 0.15) is 5.25 Å². The van der Waals surface area contributed by atoms with E-state index in [1.54, 1.807) is 35.8 Å². The van der Waals surface area contributed by atoms with Crippen LogP contribution in [0.1, 0.15) is 16.4 Å². The largest absolute Gasteiger partial charge is 0.313 e. The standard InChI is InChI=1S/C16H12N2OS/c1-18-13-7-2-3-8-14(13)20-15(16(18)19)12-6-4-5-11(9-12)10-17/h2-9,15H,1H3. The maximum Gasteiger partial charge on any atom is 0.244 e. The Kier molecular flexibility index (Phi) is 3.21. The molecule has 0 fully saturated rings. The fraction of sp³-hybridized carbons (Fsp3) is 0.125. The minimum atomic E-state index is -0.289. The zero-order chi connectivity index (χ0) is 14.1. The molecule has 98 valence electrons. The number of likely N-dealkylation sites (N-methyl/N-ethyl adjacent to an activating group) is 1. The molecule has 1 heterocycles. The van der Waals surface area contributed by atoms with E-state index in [0.29, 0.717) is 5.56 Å². The average molecular weight is 280 g/mol. The molecule has 3 rings (SSSR count). The van der Waals surface area contributed by atoms with Crippen molar-refractivity contribution in [2.24, 2.45) is 0 Å². The number of thioether (sulfide) groups is 1. The summed E-state index contributed by atoms with van der Waals surface area (Å²) in [6.45, 7) is 0. The third-order valence-electron chi connectivity index (χ3n) is 3.34. The van der Waals surface area contributed by atoms with E-state index in [0.717, 1.165) is 16.1 Å². The van der Waals surface area contributed by atoms with Gasteiger partial charge in [0.15, 0.2) is 0 Å². The summed E-state index contributed by atoms with van der Waals surface area (Å²) in [6.07, 6.45) is 0. The lowest BCUT2D eigenvalue weighted by molar-refractivity contribution is -0.118. The molecule has 0 saturated heterocycles. The van der Waals surface area contributed by atoms with E-state index in [2.05, 4.69) is 6.07 Å². The summed E-state index contributed by atoms with van der Waals surface area (Å²) in [5.41, 5.74) is 2.40. The average Bonchev–Trinajstić information content (AvgIpc) is 2.51. The van der Waals surface area contributed by atoms with Crippen LogP contribution in [0.5, 0.6) is 0 Å². The Labute approximate surface area is 121 Å². The molecule has 0 saturated carbocycles. The van der Waals surface area contributed by atoms with Crippen LogP contribution in [0.4, 0.5) is 5.69 Å². The van der Waals surface area contributed by atoms with Gasteiger partial charge in [0.2, 0.25) is 5.91 Å². The highest BCUT2D eigenvalue weighted by molar-refractivity contribution is 8.00. The Balaban J connectivity index is 2.04. The lowest BCUT2D eigenvalue weighted by atomic mass is 10.1. The predicted molar refractivity (Wildman–Crippen MR) is 79.6 cm³/mol. The summed E-state index contributed by atoms with van der Waals surface area (Å²) in [5.74, 6) is 0.0452. The number of amides is 1. The molecule has 1 atom stereocenters. The number of fused-ring (bicyclic) bond motifs is 1. The maximum atomic E-state index is 12.5. The number of hydrogen-bond donors (Lipinski definition) is 0. The van der Waals surface area contributed by atoms with Gasteiger partial charge in [-0.3, -0.25) is 4.79 Å². The van der Waals surface area contributed by atoms with Crippen molar-refractivity contribution in [3.63, 3.8) is 0 Å². The number of carbonyl (C=O) groups excluding carboxylic acids is 1. The maximum absolute atomic E-state index is 12.5. The summed E-state index contributed by atoms with van der Waals surface area (Å²) in [5, 5.41) is 8.70. The van der Waals surface area contributed by atoms with Gasteiger partial charge in [-0.15, -0.1) is 11.8 Å². The minimum Gasteiger partial charge on any atom is -0.313 e. The third-order valence-corrected chi connectivity index (χ3v) is 4.65. The van der Waals surface area contributed by atoms with Crippen molar-refractivity contribution in [2.45, 2.75) is 10.1 Å². The monoisotopic (exact) mass is 280 g/mol. The second kappa shape index (κ2) is 5.03. The molecular weight excluding hydrogens is 268 g/mol. The van der Waals surface area contributed by atoms with Crippen molar-refractivity contribution in [1.82, 2.24) is 0 Å².